The van der Waals surface area contributed by atoms with E-state index in [9.17, 15) is 8.42 Å². The molecular weight excluding hydrogens is 298 g/mol. The van der Waals surface area contributed by atoms with Gasteiger partial charge in [-0.2, -0.15) is 8.42 Å². The Morgan fingerprint density at radius 1 is 0.909 bits per heavy atom. The monoisotopic (exact) mass is 313 g/mol. The molecule has 112 valence electrons. The van der Waals surface area contributed by atoms with Crippen LogP contribution in [0.25, 0.3) is 10.9 Å². The van der Waals surface area contributed by atoms with E-state index in [2.05, 4.69) is 4.98 Å². The number of pyridine rings is 1. The molecule has 3 aromatic rings. The number of aromatic nitrogens is 1. The Kier molecular flexibility index (Phi) is 3.58. The van der Waals surface area contributed by atoms with Gasteiger partial charge in [0.2, 0.25) is 0 Å². The van der Waals surface area contributed by atoms with E-state index in [-0.39, 0.29) is 10.6 Å². The lowest BCUT2D eigenvalue weighted by atomic mass is 10.2. The molecule has 0 amide bonds. The fourth-order valence-corrected chi connectivity index (χ4v) is 3.09. The minimum absolute atomic E-state index is 0.128. The lowest BCUT2D eigenvalue weighted by Crippen LogP contribution is -2.10. The van der Waals surface area contributed by atoms with Gasteiger partial charge in [0.15, 0.2) is 5.75 Å². The molecule has 2 aromatic carbocycles. The maximum absolute atomic E-state index is 12.4. The van der Waals surface area contributed by atoms with Crippen LogP contribution in [0.1, 0.15) is 11.3 Å². The fraction of sp³-hybridized carbons (Fsp3) is 0.118. The van der Waals surface area contributed by atoms with Gasteiger partial charge in [0.25, 0.3) is 0 Å². The minimum atomic E-state index is -3.87. The number of hydrogen-bond donors (Lipinski definition) is 0. The smallest absolute Gasteiger partial charge is 0.339 e. The number of fused-ring (bicyclic) bond motifs is 1. The summed E-state index contributed by atoms with van der Waals surface area (Å²) < 4.78 is 30.1. The van der Waals surface area contributed by atoms with Crippen LogP contribution < -0.4 is 4.18 Å². The third-order valence-electron chi connectivity index (χ3n) is 3.33. The zero-order valence-electron chi connectivity index (χ0n) is 12.3. The molecule has 0 spiro atoms. The third-order valence-corrected chi connectivity index (χ3v) is 4.58. The van der Waals surface area contributed by atoms with Crippen molar-refractivity contribution in [2.45, 2.75) is 18.7 Å². The highest BCUT2D eigenvalue weighted by Crippen LogP contribution is 2.27. The first-order chi connectivity index (χ1) is 10.5. The van der Waals surface area contributed by atoms with Gasteiger partial charge >= 0.3 is 10.1 Å². The maximum Gasteiger partial charge on any atom is 0.339 e. The van der Waals surface area contributed by atoms with E-state index in [1.54, 1.807) is 24.3 Å². The van der Waals surface area contributed by atoms with Gasteiger partial charge in [0.05, 0.1) is 0 Å². The zero-order chi connectivity index (χ0) is 15.7. The fourth-order valence-electron chi connectivity index (χ4n) is 2.16. The number of para-hydroxylation sites is 1. The molecule has 1 heterocycles. The van der Waals surface area contributed by atoms with Gasteiger partial charge in [0, 0.05) is 11.1 Å². The zero-order valence-corrected chi connectivity index (χ0v) is 13.1. The Morgan fingerprint density at radius 3 is 2.36 bits per heavy atom. The molecule has 0 saturated carbocycles. The van der Waals surface area contributed by atoms with Crippen molar-refractivity contribution in [1.82, 2.24) is 4.98 Å². The van der Waals surface area contributed by atoms with Crippen LogP contribution in [0.2, 0.25) is 0 Å². The normalized spacial score (nSPS) is 11.5. The SMILES string of the molecule is Cc1ccc(S(=O)(=O)Oc2cccc3ccc(C)nc23)cc1. The Bertz CT molecular complexity index is 932. The number of hydrogen-bond acceptors (Lipinski definition) is 4. The third kappa shape index (κ3) is 2.80. The van der Waals surface area contributed by atoms with E-state index in [0.29, 0.717) is 5.52 Å². The average Bonchev–Trinajstić information content (AvgIpc) is 2.48. The quantitative estimate of drug-likeness (QED) is 0.693. The minimum Gasteiger partial charge on any atom is -0.377 e. The molecule has 0 aliphatic heterocycles. The van der Waals surface area contributed by atoms with E-state index in [0.717, 1.165) is 16.6 Å². The second-order valence-corrected chi connectivity index (χ2v) is 6.68. The van der Waals surface area contributed by atoms with E-state index >= 15 is 0 Å². The van der Waals surface area contributed by atoms with Crippen molar-refractivity contribution in [3.05, 3.63) is 65.9 Å². The Balaban J connectivity index is 2.06. The van der Waals surface area contributed by atoms with Crippen LogP contribution in [0.3, 0.4) is 0 Å². The molecule has 0 fully saturated rings. The first-order valence-corrected chi connectivity index (χ1v) is 8.24. The molecule has 1 aromatic heterocycles. The highest BCUT2D eigenvalue weighted by Gasteiger charge is 2.18. The standard InChI is InChI=1S/C17H15NO3S/c1-12-6-10-15(11-7-12)22(19,20)21-16-5-3-4-14-9-8-13(2)18-17(14)16/h3-11H,1-2H3. The van der Waals surface area contributed by atoms with Crippen LogP contribution in [-0.2, 0) is 10.1 Å². The second kappa shape index (κ2) is 5.42. The molecule has 0 radical (unpaired) electrons. The molecule has 0 bridgehead atoms. The molecule has 3 rings (SSSR count). The van der Waals surface area contributed by atoms with Crippen LogP contribution in [0, 0.1) is 13.8 Å². The summed E-state index contributed by atoms with van der Waals surface area (Å²) in [7, 11) is -3.87. The van der Waals surface area contributed by atoms with E-state index in [1.807, 2.05) is 32.0 Å². The molecule has 0 saturated heterocycles. The highest BCUT2D eigenvalue weighted by atomic mass is 32.2. The van der Waals surface area contributed by atoms with Gasteiger partial charge in [-0.3, -0.25) is 0 Å². The summed E-state index contributed by atoms with van der Waals surface area (Å²) in [5, 5.41) is 0.835. The van der Waals surface area contributed by atoms with Crippen LogP contribution in [-0.4, -0.2) is 13.4 Å². The Labute approximate surface area is 129 Å². The Hall–Kier alpha value is -2.40. The molecule has 5 heteroatoms. The summed E-state index contributed by atoms with van der Waals surface area (Å²) in [6.45, 7) is 3.75. The number of nitrogens with zero attached hydrogens (tertiary/aromatic N) is 1. The van der Waals surface area contributed by atoms with Crippen LogP contribution in [0.5, 0.6) is 5.75 Å². The molecule has 4 nitrogen and oxygen atoms in total. The van der Waals surface area contributed by atoms with Crippen LogP contribution in [0.4, 0.5) is 0 Å². The molecule has 0 unspecified atom stereocenters. The van der Waals surface area contributed by atoms with Gasteiger partial charge in [-0.15, -0.1) is 0 Å². The van der Waals surface area contributed by atoms with Crippen molar-refractivity contribution in [3.63, 3.8) is 0 Å². The van der Waals surface area contributed by atoms with E-state index in [1.165, 1.54) is 12.1 Å². The first-order valence-electron chi connectivity index (χ1n) is 6.83. The molecule has 0 atom stereocenters. The predicted molar refractivity (Wildman–Crippen MR) is 85.5 cm³/mol. The lowest BCUT2D eigenvalue weighted by molar-refractivity contribution is 0.488. The van der Waals surface area contributed by atoms with Crippen molar-refractivity contribution in [3.8, 4) is 5.75 Å². The van der Waals surface area contributed by atoms with Gasteiger partial charge in [-0.05, 0) is 38.1 Å². The van der Waals surface area contributed by atoms with Gasteiger partial charge in [-0.1, -0.05) is 35.9 Å². The summed E-state index contributed by atoms with van der Waals surface area (Å²) in [4.78, 5) is 4.51. The summed E-state index contributed by atoms with van der Waals surface area (Å²) in [6, 6.07) is 15.5. The van der Waals surface area contributed by atoms with Gasteiger partial charge < -0.3 is 4.18 Å². The number of aryl methyl sites for hydroxylation is 2. The highest BCUT2D eigenvalue weighted by molar-refractivity contribution is 7.87. The van der Waals surface area contributed by atoms with Crippen molar-refractivity contribution in [1.29, 1.82) is 0 Å². The summed E-state index contributed by atoms with van der Waals surface area (Å²) in [5.74, 6) is 0.238. The predicted octanol–water partition coefficient (Wildman–Crippen LogP) is 3.62. The molecule has 0 N–H and O–H groups in total. The topological polar surface area (TPSA) is 56.3 Å². The molecule has 0 aliphatic carbocycles. The Morgan fingerprint density at radius 2 is 1.64 bits per heavy atom. The molecule has 0 aliphatic rings. The summed E-state index contributed by atoms with van der Waals surface area (Å²) >= 11 is 0. The number of benzene rings is 2. The largest absolute Gasteiger partial charge is 0.377 e. The first kappa shape index (κ1) is 14.5. The van der Waals surface area contributed by atoms with E-state index in [4.69, 9.17) is 4.18 Å². The second-order valence-electron chi connectivity index (χ2n) is 5.13. The van der Waals surface area contributed by atoms with E-state index < -0.39 is 10.1 Å². The van der Waals surface area contributed by atoms with Gasteiger partial charge in [0.1, 0.15) is 10.4 Å². The van der Waals surface area contributed by atoms with Crippen molar-refractivity contribution < 1.29 is 12.6 Å². The summed E-state index contributed by atoms with van der Waals surface area (Å²) in [6.07, 6.45) is 0. The maximum atomic E-state index is 12.4. The van der Waals surface area contributed by atoms with Crippen molar-refractivity contribution in [2.24, 2.45) is 0 Å². The van der Waals surface area contributed by atoms with Crippen LogP contribution >= 0.6 is 0 Å². The number of rotatable bonds is 3. The van der Waals surface area contributed by atoms with Gasteiger partial charge in [-0.25, -0.2) is 4.98 Å². The molecular formula is C17H15NO3S. The lowest BCUT2D eigenvalue weighted by Gasteiger charge is -2.09. The van der Waals surface area contributed by atoms with Crippen molar-refractivity contribution >= 4 is 21.0 Å². The molecule has 22 heavy (non-hydrogen) atoms. The van der Waals surface area contributed by atoms with Crippen LogP contribution in [0.15, 0.2) is 59.5 Å². The van der Waals surface area contributed by atoms with Crippen molar-refractivity contribution in [2.75, 3.05) is 0 Å². The summed E-state index contributed by atoms with van der Waals surface area (Å²) in [5.41, 5.74) is 2.33. The average molecular weight is 313 g/mol.